The molecule has 0 aliphatic carbocycles. The van der Waals surface area contributed by atoms with Gasteiger partial charge in [0.2, 0.25) is 5.91 Å². The predicted molar refractivity (Wildman–Crippen MR) is 94.7 cm³/mol. The van der Waals surface area contributed by atoms with Crippen molar-refractivity contribution >= 4 is 39.5 Å². The van der Waals surface area contributed by atoms with Gasteiger partial charge in [0, 0.05) is 11.1 Å². The monoisotopic (exact) mass is 395 g/mol. The molecule has 2 N–H and O–H groups in total. The van der Waals surface area contributed by atoms with Crippen LogP contribution in [0.3, 0.4) is 0 Å². The first-order valence-electron chi connectivity index (χ1n) is 6.72. The van der Waals surface area contributed by atoms with Crippen molar-refractivity contribution < 1.29 is 14.3 Å². The standard InChI is InChI=1S/C17H15BrClNO3/c1-22-15-9-12(4-7-16(20)21)8-14(18)17(15)23-10-11-2-5-13(19)6-3-11/h2-9H,10H2,1H3,(H2,20,21)/b7-4+. The summed E-state index contributed by atoms with van der Waals surface area (Å²) in [6.07, 6.45) is 2.90. The van der Waals surface area contributed by atoms with Crippen LogP contribution in [0.1, 0.15) is 11.1 Å². The third-order valence-corrected chi connectivity index (χ3v) is 3.83. The highest BCUT2D eigenvalue weighted by Gasteiger charge is 2.11. The molecule has 0 saturated heterocycles. The summed E-state index contributed by atoms with van der Waals surface area (Å²) in [6.45, 7) is 0.378. The largest absolute Gasteiger partial charge is 0.493 e. The van der Waals surface area contributed by atoms with Crippen molar-refractivity contribution in [1.29, 1.82) is 0 Å². The van der Waals surface area contributed by atoms with E-state index in [2.05, 4.69) is 15.9 Å². The molecule has 2 rings (SSSR count). The van der Waals surface area contributed by atoms with Crippen LogP contribution in [0.2, 0.25) is 5.02 Å². The van der Waals surface area contributed by atoms with Gasteiger partial charge in [-0.3, -0.25) is 4.79 Å². The molecule has 0 radical (unpaired) electrons. The number of ether oxygens (including phenoxy) is 2. The Morgan fingerprint density at radius 1 is 1.30 bits per heavy atom. The van der Waals surface area contributed by atoms with Gasteiger partial charge in [0.05, 0.1) is 11.6 Å². The fraction of sp³-hybridized carbons (Fsp3) is 0.118. The molecule has 0 spiro atoms. The van der Waals surface area contributed by atoms with E-state index in [-0.39, 0.29) is 0 Å². The third-order valence-electron chi connectivity index (χ3n) is 2.99. The minimum atomic E-state index is -0.511. The first kappa shape index (κ1) is 17.4. The number of amides is 1. The highest BCUT2D eigenvalue weighted by atomic mass is 79.9. The van der Waals surface area contributed by atoms with Crippen molar-refractivity contribution in [3.8, 4) is 11.5 Å². The summed E-state index contributed by atoms with van der Waals surface area (Å²) in [5.41, 5.74) is 6.86. The van der Waals surface area contributed by atoms with Gasteiger partial charge in [-0.15, -0.1) is 0 Å². The molecule has 0 atom stereocenters. The van der Waals surface area contributed by atoms with Gasteiger partial charge >= 0.3 is 0 Å². The second kappa shape index (κ2) is 8.04. The molecule has 0 heterocycles. The predicted octanol–water partition coefficient (Wildman–Crippen LogP) is 4.19. The molecule has 2 aromatic carbocycles. The van der Waals surface area contributed by atoms with Crippen molar-refractivity contribution in [1.82, 2.24) is 0 Å². The van der Waals surface area contributed by atoms with Crippen molar-refractivity contribution in [3.63, 3.8) is 0 Å². The van der Waals surface area contributed by atoms with Crippen LogP contribution in [0.4, 0.5) is 0 Å². The molecule has 0 unspecified atom stereocenters. The lowest BCUT2D eigenvalue weighted by Crippen LogP contribution is -2.05. The first-order valence-corrected chi connectivity index (χ1v) is 7.89. The van der Waals surface area contributed by atoms with Gasteiger partial charge in [0.15, 0.2) is 11.5 Å². The van der Waals surface area contributed by atoms with Crippen LogP contribution in [-0.2, 0) is 11.4 Å². The summed E-state index contributed by atoms with van der Waals surface area (Å²) < 4.78 is 11.9. The number of benzene rings is 2. The zero-order valence-electron chi connectivity index (χ0n) is 12.4. The van der Waals surface area contributed by atoms with E-state index in [1.54, 1.807) is 19.3 Å². The summed E-state index contributed by atoms with van der Waals surface area (Å²) in [5.74, 6) is 0.624. The van der Waals surface area contributed by atoms with Gasteiger partial charge in [-0.25, -0.2) is 0 Å². The Hall–Kier alpha value is -1.98. The molecule has 0 aromatic heterocycles. The number of nitrogens with two attached hydrogens (primary N) is 1. The zero-order valence-corrected chi connectivity index (χ0v) is 14.7. The van der Waals surface area contributed by atoms with Gasteiger partial charge in [-0.1, -0.05) is 23.7 Å². The number of carbonyl (C=O) groups excluding carboxylic acids is 1. The van der Waals surface area contributed by atoms with Crippen LogP contribution < -0.4 is 15.2 Å². The second-order valence-corrected chi connectivity index (χ2v) is 5.98. The number of methoxy groups -OCH3 is 1. The van der Waals surface area contributed by atoms with E-state index in [1.165, 1.54) is 6.08 Å². The van der Waals surface area contributed by atoms with E-state index in [4.69, 9.17) is 26.8 Å². The third kappa shape index (κ3) is 5.01. The molecule has 120 valence electrons. The molecule has 23 heavy (non-hydrogen) atoms. The molecule has 0 bridgehead atoms. The first-order chi connectivity index (χ1) is 11.0. The van der Waals surface area contributed by atoms with E-state index in [0.717, 1.165) is 15.6 Å². The van der Waals surface area contributed by atoms with Crippen molar-refractivity contribution in [3.05, 3.63) is 63.1 Å². The molecule has 0 fully saturated rings. The Balaban J connectivity index is 2.20. The Morgan fingerprint density at radius 3 is 2.61 bits per heavy atom. The Bertz CT molecular complexity index is 729. The Morgan fingerprint density at radius 2 is 2.00 bits per heavy atom. The molecule has 0 aliphatic heterocycles. The molecule has 0 saturated carbocycles. The van der Waals surface area contributed by atoms with Gasteiger partial charge in [-0.2, -0.15) is 0 Å². The maximum atomic E-state index is 10.8. The fourth-order valence-corrected chi connectivity index (χ4v) is 2.59. The summed E-state index contributed by atoms with van der Waals surface area (Å²) in [7, 11) is 1.55. The average Bonchev–Trinajstić information content (AvgIpc) is 2.53. The van der Waals surface area contributed by atoms with Crippen LogP contribution in [0.5, 0.6) is 11.5 Å². The normalized spacial score (nSPS) is 10.7. The summed E-state index contributed by atoms with van der Waals surface area (Å²) in [6, 6.07) is 11.0. The number of rotatable bonds is 6. The number of primary amides is 1. The lowest BCUT2D eigenvalue weighted by molar-refractivity contribution is -0.113. The quantitative estimate of drug-likeness (QED) is 0.745. The van der Waals surface area contributed by atoms with Crippen molar-refractivity contribution in [2.75, 3.05) is 7.11 Å². The minimum absolute atomic E-state index is 0.378. The minimum Gasteiger partial charge on any atom is -0.493 e. The molecular formula is C17H15BrClNO3. The molecular weight excluding hydrogens is 382 g/mol. The average molecular weight is 397 g/mol. The van der Waals surface area contributed by atoms with Crippen molar-refractivity contribution in [2.45, 2.75) is 6.61 Å². The highest BCUT2D eigenvalue weighted by molar-refractivity contribution is 9.10. The van der Waals surface area contributed by atoms with Crippen LogP contribution >= 0.6 is 27.5 Å². The van der Waals surface area contributed by atoms with Crippen LogP contribution in [0.15, 0.2) is 46.9 Å². The van der Waals surface area contributed by atoms with E-state index in [1.807, 2.05) is 30.3 Å². The van der Waals surface area contributed by atoms with E-state index in [0.29, 0.717) is 23.1 Å². The Labute approximate surface area is 148 Å². The fourth-order valence-electron chi connectivity index (χ4n) is 1.89. The molecule has 1 amide bonds. The van der Waals surface area contributed by atoms with E-state index >= 15 is 0 Å². The molecule has 6 heteroatoms. The SMILES string of the molecule is COc1cc(/C=C/C(N)=O)cc(Br)c1OCc1ccc(Cl)cc1. The lowest BCUT2D eigenvalue weighted by atomic mass is 10.2. The maximum absolute atomic E-state index is 10.8. The number of hydrogen-bond donors (Lipinski definition) is 1. The van der Waals surface area contributed by atoms with Crippen LogP contribution in [-0.4, -0.2) is 13.0 Å². The smallest absolute Gasteiger partial charge is 0.241 e. The second-order valence-electron chi connectivity index (χ2n) is 4.68. The summed E-state index contributed by atoms with van der Waals surface area (Å²) in [5, 5.41) is 0.679. The Kier molecular flexibility index (Phi) is 6.07. The van der Waals surface area contributed by atoms with E-state index < -0.39 is 5.91 Å². The topological polar surface area (TPSA) is 61.5 Å². The lowest BCUT2D eigenvalue weighted by Gasteiger charge is -2.13. The van der Waals surface area contributed by atoms with Crippen LogP contribution in [0, 0.1) is 0 Å². The molecule has 0 aliphatic rings. The van der Waals surface area contributed by atoms with E-state index in [9.17, 15) is 4.79 Å². The maximum Gasteiger partial charge on any atom is 0.241 e. The van der Waals surface area contributed by atoms with Gasteiger partial charge in [0.25, 0.3) is 0 Å². The zero-order chi connectivity index (χ0) is 16.8. The summed E-state index contributed by atoms with van der Waals surface area (Å²) >= 11 is 9.32. The van der Waals surface area contributed by atoms with Gasteiger partial charge in [0.1, 0.15) is 6.61 Å². The highest BCUT2D eigenvalue weighted by Crippen LogP contribution is 2.37. The number of carbonyl (C=O) groups is 1. The van der Waals surface area contributed by atoms with Crippen molar-refractivity contribution in [2.24, 2.45) is 5.73 Å². The number of hydrogen-bond acceptors (Lipinski definition) is 3. The molecule has 4 nitrogen and oxygen atoms in total. The van der Waals surface area contributed by atoms with Gasteiger partial charge in [-0.05, 0) is 57.4 Å². The summed E-state index contributed by atoms with van der Waals surface area (Å²) in [4.78, 5) is 10.8. The van der Waals surface area contributed by atoms with Gasteiger partial charge < -0.3 is 15.2 Å². The number of halogens is 2. The molecule has 2 aromatic rings. The van der Waals surface area contributed by atoms with Crippen LogP contribution in [0.25, 0.3) is 6.08 Å².